The number of rotatable bonds is 6. The van der Waals surface area contributed by atoms with Crippen molar-refractivity contribution in [1.82, 2.24) is 10.2 Å². The van der Waals surface area contributed by atoms with Crippen LogP contribution in [-0.2, 0) is 5.75 Å². The van der Waals surface area contributed by atoms with Crippen molar-refractivity contribution >= 4 is 23.5 Å². The minimum absolute atomic E-state index is 0.487. The van der Waals surface area contributed by atoms with Crippen LogP contribution in [0.5, 0.6) is 0 Å². The van der Waals surface area contributed by atoms with Crippen molar-refractivity contribution in [3.05, 3.63) is 59.2 Å². The first-order valence-electron chi connectivity index (χ1n) is 7.59. The lowest BCUT2D eigenvalue weighted by atomic mass is 10.1. The molecule has 1 heterocycles. The highest BCUT2D eigenvalue weighted by Crippen LogP contribution is 2.29. The minimum atomic E-state index is -2.40. The zero-order chi connectivity index (χ0) is 17.8. The highest BCUT2D eigenvalue weighted by Gasteiger charge is 2.12. The molecular weight excluding hydrogens is 362 g/mol. The molecule has 0 spiro atoms. The number of thioether (sulfide) groups is 2. The van der Waals surface area contributed by atoms with Crippen LogP contribution in [0.2, 0.25) is 0 Å². The zero-order valence-electron chi connectivity index (χ0n) is 13.7. The summed E-state index contributed by atoms with van der Waals surface area (Å²) in [5, 5.41) is 8.67. The Labute approximate surface area is 153 Å². The average Bonchev–Trinajstić information content (AvgIpc) is 3.02. The van der Waals surface area contributed by atoms with Crippen molar-refractivity contribution in [3.8, 4) is 11.5 Å². The molecule has 3 nitrogen and oxygen atoms in total. The highest BCUT2D eigenvalue weighted by molar-refractivity contribution is 7.99. The first-order valence-corrected chi connectivity index (χ1v) is 9.45. The van der Waals surface area contributed by atoms with E-state index in [4.69, 9.17) is 4.42 Å². The van der Waals surface area contributed by atoms with E-state index in [-0.39, 0.29) is 0 Å². The summed E-state index contributed by atoms with van der Waals surface area (Å²) >= 11 is 1.97. The first kappa shape index (κ1) is 17.9. The summed E-state index contributed by atoms with van der Waals surface area (Å²) in [6.07, 6.45) is 0. The van der Waals surface area contributed by atoms with Crippen molar-refractivity contribution in [2.24, 2.45) is 0 Å². The molecule has 25 heavy (non-hydrogen) atoms. The molecule has 3 rings (SSSR count). The molecule has 0 saturated heterocycles. The second kappa shape index (κ2) is 8.01. The molecule has 2 aromatic carbocycles. The van der Waals surface area contributed by atoms with Gasteiger partial charge in [-0.2, -0.15) is 8.78 Å². The predicted octanol–water partition coefficient (Wildman–Crippen LogP) is 5.96. The SMILES string of the molecule is Cc1ccc(-c2nnc(SCc3ccc(SC(F)F)cc3)o2)c(C)c1. The molecular formula is C18H16F2N2OS2. The number of nitrogens with zero attached hydrogens (tertiary/aromatic N) is 2. The molecule has 130 valence electrons. The maximum absolute atomic E-state index is 12.3. The van der Waals surface area contributed by atoms with E-state index < -0.39 is 5.76 Å². The molecule has 0 aliphatic heterocycles. The van der Waals surface area contributed by atoms with Gasteiger partial charge in [0, 0.05) is 16.2 Å². The number of benzene rings is 2. The molecule has 0 bridgehead atoms. The lowest BCUT2D eigenvalue weighted by Crippen LogP contribution is -1.84. The van der Waals surface area contributed by atoms with E-state index in [2.05, 4.69) is 16.3 Å². The van der Waals surface area contributed by atoms with Crippen molar-refractivity contribution < 1.29 is 13.2 Å². The zero-order valence-corrected chi connectivity index (χ0v) is 15.3. The largest absolute Gasteiger partial charge is 0.411 e. The Morgan fingerprint density at radius 3 is 2.48 bits per heavy atom. The van der Waals surface area contributed by atoms with Crippen LogP contribution in [0.1, 0.15) is 16.7 Å². The van der Waals surface area contributed by atoms with E-state index in [1.807, 2.05) is 38.1 Å². The van der Waals surface area contributed by atoms with Gasteiger partial charge >= 0.3 is 0 Å². The van der Waals surface area contributed by atoms with Crippen molar-refractivity contribution in [2.75, 3.05) is 0 Å². The summed E-state index contributed by atoms with van der Waals surface area (Å²) < 4.78 is 30.4. The van der Waals surface area contributed by atoms with Crippen molar-refractivity contribution in [2.45, 2.75) is 35.5 Å². The molecule has 0 saturated carbocycles. The molecule has 0 radical (unpaired) electrons. The predicted molar refractivity (Wildman–Crippen MR) is 97.1 cm³/mol. The number of aryl methyl sites for hydroxylation is 2. The van der Waals surface area contributed by atoms with Gasteiger partial charge in [0.25, 0.3) is 11.0 Å². The Morgan fingerprint density at radius 2 is 1.80 bits per heavy atom. The van der Waals surface area contributed by atoms with Crippen molar-refractivity contribution in [3.63, 3.8) is 0 Å². The van der Waals surface area contributed by atoms with Crippen molar-refractivity contribution in [1.29, 1.82) is 0 Å². The van der Waals surface area contributed by atoms with Gasteiger partial charge in [-0.3, -0.25) is 0 Å². The summed E-state index contributed by atoms with van der Waals surface area (Å²) in [4.78, 5) is 0.554. The molecule has 0 aliphatic rings. The molecule has 0 fully saturated rings. The third-order valence-corrected chi connectivity index (χ3v) is 5.14. The maximum atomic E-state index is 12.3. The molecule has 7 heteroatoms. The Balaban J connectivity index is 1.63. The van der Waals surface area contributed by atoms with Crippen LogP contribution in [0.4, 0.5) is 8.78 Å². The summed E-state index contributed by atoms with van der Waals surface area (Å²) in [7, 11) is 0. The number of halogens is 2. The van der Waals surface area contributed by atoms with Crippen LogP contribution in [-0.4, -0.2) is 16.0 Å². The summed E-state index contributed by atoms with van der Waals surface area (Å²) in [5.74, 6) is -1.26. The quantitative estimate of drug-likeness (QED) is 0.495. The minimum Gasteiger partial charge on any atom is -0.411 e. The topological polar surface area (TPSA) is 38.9 Å². The normalized spacial score (nSPS) is 11.2. The van der Waals surface area contributed by atoms with E-state index >= 15 is 0 Å². The second-order valence-corrected chi connectivity index (χ2v) is 7.49. The molecule has 1 aromatic heterocycles. The van der Waals surface area contributed by atoms with Gasteiger partial charge in [-0.1, -0.05) is 53.4 Å². The number of hydrogen-bond acceptors (Lipinski definition) is 5. The molecule has 0 unspecified atom stereocenters. The number of alkyl halides is 2. The number of hydrogen-bond donors (Lipinski definition) is 0. The van der Waals surface area contributed by atoms with Gasteiger partial charge in [0.2, 0.25) is 5.89 Å². The summed E-state index contributed by atoms with van der Waals surface area (Å²) in [6.45, 7) is 4.05. The van der Waals surface area contributed by atoms with Gasteiger partial charge in [-0.15, -0.1) is 10.2 Å². The van der Waals surface area contributed by atoms with E-state index in [0.717, 1.165) is 16.7 Å². The fourth-order valence-corrected chi connectivity index (χ4v) is 3.56. The van der Waals surface area contributed by atoms with E-state index in [0.29, 0.717) is 33.5 Å². The Bertz CT molecular complexity index is 851. The highest BCUT2D eigenvalue weighted by atomic mass is 32.2. The molecule has 0 amide bonds. The van der Waals surface area contributed by atoms with Gasteiger partial charge in [0.15, 0.2) is 0 Å². The Kier molecular flexibility index (Phi) is 5.75. The Morgan fingerprint density at radius 1 is 1.04 bits per heavy atom. The van der Waals surface area contributed by atoms with Crippen LogP contribution in [0.15, 0.2) is 57.0 Å². The smallest absolute Gasteiger partial charge is 0.288 e. The third kappa shape index (κ3) is 4.83. The Hall–Kier alpha value is -1.86. The molecule has 0 aliphatic carbocycles. The van der Waals surface area contributed by atoms with Gasteiger partial charge in [0.1, 0.15) is 0 Å². The second-order valence-electron chi connectivity index (χ2n) is 5.50. The van der Waals surface area contributed by atoms with Gasteiger partial charge in [-0.05, 0) is 43.2 Å². The lowest BCUT2D eigenvalue weighted by Gasteiger charge is -2.02. The maximum Gasteiger partial charge on any atom is 0.288 e. The monoisotopic (exact) mass is 378 g/mol. The van der Waals surface area contributed by atoms with E-state index in [9.17, 15) is 8.78 Å². The lowest BCUT2D eigenvalue weighted by molar-refractivity contribution is 0.252. The van der Waals surface area contributed by atoms with Gasteiger partial charge < -0.3 is 4.42 Å². The fourth-order valence-electron chi connectivity index (χ4n) is 2.34. The van der Waals surface area contributed by atoms with Crippen LogP contribution < -0.4 is 0 Å². The third-order valence-electron chi connectivity index (χ3n) is 3.53. The fraction of sp³-hybridized carbons (Fsp3) is 0.222. The average molecular weight is 378 g/mol. The van der Waals surface area contributed by atoms with Crippen LogP contribution in [0.3, 0.4) is 0 Å². The first-order chi connectivity index (χ1) is 12.0. The van der Waals surface area contributed by atoms with E-state index in [1.165, 1.54) is 17.3 Å². The van der Waals surface area contributed by atoms with Crippen LogP contribution in [0.25, 0.3) is 11.5 Å². The molecule has 0 N–H and O–H groups in total. The molecule has 0 atom stereocenters. The molecule has 3 aromatic rings. The van der Waals surface area contributed by atoms with E-state index in [1.54, 1.807) is 12.1 Å². The van der Waals surface area contributed by atoms with Gasteiger partial charge in [0.05, 0.1) is 0 Å². The summed E-state index contributed by atoms with van der Waals surface area (Å²) in [6, 6.07) is 13.1. The number of aromatic nitrogens is 2. The van der Waals surface area contributed by atoms with Gasteiger partial charge in [-0.25, -0.2) is 0 Å². The van der Waals surface area contributed by atoms with Crippen LogP contribution >= 0.6 is 23.5 Å². The summed E-state index contributed by atoms with van der Waals surface area (Å²) in [5.41, 5.74) is 4.21. The van der Waals surface area contributed by atoms with Crippen LogP contribution in [0, 0.1) is 13.8 Å². The standard InChI is InChI=1S/C18H16F2N2OS2/c1-11-3-8-15(12(2)9-11)16-21-22-18(23-16)24-10-13-4-6-14(7-5-13)25-17(19)20/h3-9,17H,10H2,1-2H3.